The van der Waals surface area contributed by atoms with Crippen molar-refractivity contribution in [2.75, 3.05) is 12.4 Å². The van der Waals surface area contributed by atoms with E-state index in [0.717, 1.165) is 33.5 Å². The Balaban J connectivity index is 1.40. The molecule has 2 aromatic heterocycles. The Morgan fingerprint density at radius 1 is 1.03 bits per heavy atom. The summed E-state index contributed by atoms with van der Waals surface area (Å²) in [6, 6.07) is 25.3. The third-order valence-corrected chi connectivity index (χ3v) is 6.74. The molecule has 8 heteroatoms. The number of nitrogens with one attached hydrogen (secondary N) is 1. The molecule has 1 atom stereocenters. The van der Waals surface area contributed by atoms with E-state index in [2.05, 4.69) is 15.5 Å². The number of carbonyl (C=O) groups is 1. The van der Waals surface area contributed by atoms with Crippen molar-refractivity contribution in [1.29, 1.82) is 0 Å². The molecule has 1 unspecified atom stereocenters. The Kier molecular flexibility index (Phi) is 6.54. The molecule has 0 aliphatic heterocycles. The van der Waals surface area contributed by atoms with Crippen molar-refractivity contribution in [3.05, 3.63) is 90.9 Å². The number of hydrogen-bond acceptors (Lipinski definition) is 6. The predicted octanol–water partition coefficient (Wildman–Crippen LogP) is 5.87. The number of methoxy groups -OCH3 is 1. The van der Waals surface area contributed by atoms with E-state index in [9.17, 15) is 4.79 Å². The molecule has 0 radical (unpaired) electrons. The van der Waals surface area contributed by atoms with Gasteiger partial charge < -0.3 is 14.5 Å². The second-order valence-electron chi connectivity index (χ2n) is 7.98. The first kappa shape index (κ1) is 22.7. The first-order valence-electron chi connectivity index (χ1n) is 11.2. The standard InChI is InChI=1S/C27H24N4O3S/c1-18(26(32)28-24-11-5-8-19-7-3-4-10-23(19)24)35-27-30-29-25(20-12-14-21(33-2)15-13-20)31(27)17-22-9-6-16-34-22/h3-16,18H,17H2,1-2H3,(H,28,32). The van der Waals surface area contributed by atoms with Crippen molar-refractivity contribution >= 4 is 34.1 Å². The molecule has 5 aromatic rings. The second kappa shape index (κ2) is 10.1. The summed E-state index contributed by atoms with van der Waals surface area (Å²) < 4.78 is 12.8. The van der Waals surface area contributed by atoms with E-state index in [1.165, 1.54) is 11.8 Å². The van der Waals surface area contributed by atoms with Crippen LogP contribution in [0, 0.1) is 0 Å². The van der Waals surface area contributed by atoms with Crippen LogP contribution in [0.15, 0.2) is 94.7 Å². The number of furan rings is 1. The molecule has 3 aromatic carbocycles. The molecular weight excluding hydrogens is 460 g/mol. The summed E-state index contributed by atoms with van der Waals surface area (Å²) in [4.78, 5) is 13.1. The van der Waals surface area contributed by atoms with Gasteiger partial charge in [-0.05, 0) is 54.8 Å². The van der Waals surface area contributed by atoms with E-state index in [1.54, 1.807) is 13.4 Å². The number of anilines is 1. The molecule has 7 nitrogen and oxygen atoms in total. The first-order chi connectivity index (χ1) is 17.1. The van der Waals surface area contributed by atoms with E-state index in [-0.39, 0.29) is 5.91 Å². The zero-order valence-corrected chi connectivity index (χ0v) is 20.2. The highest BCUT2D eigenvalue weighted by atomic mass is 32.2. The van der Waals surface area contributed by atoms with Gasteiger partial charge in [-0.2, -0.15) is 0 Å². The molecule has 2 heterocycles. The minimum absolute atomic E-state index is 0.107. The van der Waals surface area contributed by atoms with Gasteiger partial charge in [-0.1, -0.05) is 48.2 Å². The van der Waals surface area contributed by atoms with Gasteiger partial charge in [0.1, 0.15) is 11.5 Å². The fourth-order valence-corrected chi connectivity index (χ4v) is 4.66. The van der Waals surface area contributed by atoms with Crippen LogP contribution in [-0.4, -0.2) is 33.0 Å². The smallest absolute Gasteiger partial charge is 0.237 e. The van der Waals surface area contributed by atoms with Gasteiger partial charge in [-0.3, -0.25) is 9.36 Å². The third-order valence-electron chi connectivity index (χ3n) is 5.66. The SMILES string of the molecule is COc1ccc(-c2nnc(SC(C)C(=O)Nc3cccc4ccccc34)n2Cc2ccco2)cc1. The van der Waals surface area contributed by atoms with Crippen LogP contribution in [0.4, 0.5) is 5.69 Å². The second-order valence-corrected chi connectivity index (χ2v) is 9.28. The monoisotopic (exact) mass is 484 g/mol. The Labute approximate surface area is 207 Å². The molecule has 0 spiro atoms. The summed E-state index contributed by atoms with van der Waals surface area (Å²) in [5.74, 6) is 2.12. The lowest BCUT2D eigenvalue weighted by Gasteiger charge is -2.14. The molecule has 176 valence electrons. The summed E-state index contributed by atoms with van der Waals surface area (Å²) in [7, 11) is 1.63. The lowest BCUT2D eigenvalue weighted by Crippen LogP contribution is -2.23. The van der Waals surface area contributed by atoms with Crippen molar-refractivity contribution < 1.29 is 13.9 Å². The number of hydrogen-bond donors (Lipinski definition) is 1. The van der Waals surface area contributed by atoms with Gasteiger partial charge in [0.05, 0.1) is 25.2 Å². The number of nitrogens with zero attached hydrogens (tertiary/aromatic N) is 3. The molecule has 35 heavy (non-hydrogen) atoms. The summed E-state index contributed by atoms with van der Waals surface area (Å²) in [5, 5.41) is 14.2. The average Bonchev–Trinajstić information content (AvgIpc) is 3.55. The number of ether oxygens (including phenoxy) is 1. The number of amides is 1. The molecule has 0 aliphatic rings. The van der Waals surface area contributed by atoms with Crippen LogP contribution in [-0.2, 0) is 11.3 Å². The third kappa shape index (κ3) is 4.93. The van der Waals surface area contributed by atoms with Gasteiger partial charge in [0.25, 0.3) is 0 Å². The summed E-state index contributed by atoms with van der Waals surface area (Å²) in [6.45, 7) is 2.31. The fraction of sp³-hybridized carbons (Fsp3) is 0.148. The first-order valence-corrected chi connectivity index (χ1v) is 12.1. The van der Waals surface area contributed by atoms with Gasteiger partial charge in [-0.15, -0.1) is 10.2 Å². The van der Waals surface area contributed by atoms with Crippen molar-refractivity contribution in [3.8, 4) is 17.1 Å². The number of fused-ring (bicyclic) bond motifs is 1. The molecule has 1 N–H and O–H groups in total. The Hall–Kier alpha value is -4.04. The van der Waals surface area contributed by atoms with Crippen LogP contribution in [0.5, 0.6) is 5.75 Å². The van der Waals surface area contributed by atoms with Gasteiger partial charge in [0.15, 0.2) is 11.0 Å². The Morgan fingerprint density at radius 2 is 1.83 bits per heavy atom. The van der Waals surface area contributed by atoms with Crippen LogP contribution in [0.25, 0.3) is 22.2 Å². The molecule has 0 fully saturated rings. The zero-order chi connectivity index (χ0) is 24.2. The normalized spacial score (nSPS) is 11.9. The lowest BCUT2D eigenvalue weighted by molar-refractivity contribution is -0.115. The van der Waals surface area contributed by atoms with E-state index in [1.807, 2.05) is 90.4 Å². The zero-order valence-electron chi connectivity index (χ0n) is 19.3. The number of thioether (sulfide) groups is 1. The van der Waals surface area contributed by atoms with Crippen molar-refractivity contribution in [1.82, 2.24) is 14.8 Å². The summed E-state index contributed by atoms with van der Waals surface area (Å²) >= 11 is 1.36. The Bertz CT molecular complexity index is 1440. The molecule has 5 rings (SSSR count). The minimum Gasteiger partial charge on any atom is -0.497 e. The topological polar surface area (TPSA) is 82.2 Å². The number of aromatic nitrogens is 3. The van der Waals surface area contributed by atoms with E-state index < -0.39 is 5.25 Å². The maximum atomic E-state index is 13.1. The quantitative estimate of drug-likeness (QED) is 0.278. The van der Waals surface area contributed by atoms with Gasteiger partial charge in [0.2, 0.25) is 5.91 Å². The number of carbonyl (C=O) groups excluding carboxylic acids is 1. The molecule has 0 bridgehead atoms. The highest BCUT2D eigenvalue weighted by molar-refractivity contribution is 8.00. The van der Waals surface area contributed by atoms with E-state index >= 15 is 0 Å². The molecule has 1 amide bonds. The summed E-state index contributed by atoms with van der Waals surface area (Å²) in [6.07, 6.45) is 1.64. The van der Waals surface area contributed by atoms with Crippen LogP contribution >= 0.6 is 11.8 Å². The number of rotatable bonds is 8. The van der Waals surface area contributed by atoms with Gasteiger partial charge in [0, 0.05) is 16.6 Å². The van der Waals surface area contributed by atoms with Crippen LogP contribution < -0.4 is 10.1 Å². The average molecular weight is 485 g/mol. The highest BCUT2D eigenvalue weighted by Crippen LogP contribution is 2.30. The van der Waals surface area contributed by atoms with Crippen LogP contribution in [0.2, 0.25) is 0 Å². The number of benzene rings is 3. The van der Waals surface area contributed by atoms with Gasteiger partial charge >= 0.3 is 0 Å². The molecule has 0 saturated heterocycles. The Morgan fingerprint density at radius 3 is 2.60 bits per heavy atom. The van der Waals surface area contributed by atoms with Crippen molar-refractivity contribution in [2.24, 2.45) is 0 Å². The maximum Gasteiger partial charge on any atom is 0.237 e. The van der Waals surface area contributed by atoms with E-state index in [0.29, 0.717) is 17.5 Å². The van der Waals surface area contributed by atoms with Crippen molar-refractivity contribution in [3.63, 3.8) is 0 Å². The maximum absolute atomic E-state index is 13.1. The van der Waals surface area contributed by atoms with Crippen molar-refractivity contribution in [2.45, 2.75) is 23.9 Å². The largest absolute Gasteiger partial charge is 0.497 e. The lowest BCUT2D eigenvalue weighted by atomic mass is 10.1. The van der Waals surface area contributed by atoms with Crippen LogP contribution in [0.1, 0.15) is 12.7 Å². The molecule has 0 saturated carbocycles. The van der Waals surface area contributed by atoms with Gasteiger partial charge in [-0.25, -0.2) is 0 Å². The highest BCUT2D eigenvalue weighted by Gasteiger charge is 2.22. The van der Waals surface area contributed by atoms with Crippen LogP contribution in [0.3, 0.4) is 0 Å². The minimum atomic E-state index is -0.405. The van der Waals surface area contributed by atoms with E-state index in [4.69, 9.17) is 9.15 Å². The molecular formula is C27H24N4O3S. The predicted molar refractivity (Wildman–Crippen MR) is 138 cm³/mol. The summed E-state index contributed by atoms with van der Waals surface area (Å²) in [5.41, 5.74) is 1.68. The fourth-order valence-electron chi connectivity index (χ4n) is 3.81. The molecule has 0 aliphatic carbocycles.